The first-order chi connectivity index (χ1) is 11.5. The Morgan fingerprint density at radius 1 is 1.29 bits per heavy atom. The van der Waals surface area contributed by atoms with E-state index < -0.39 is 0 Å². The van der Waals surface area contributed by atoms with E-state index in [1.807, 2.05) is 18.3 Å². The predicted octanol–water partition coefficient (Wildman–Crippen LogP) is 1.42. The molecule has 0 bridgehead atoms. The second-order valence-electron chi connectivity index (χ2n) is 5.56. The fraction of sp³-hybridized carbons (Fsp3) is 0.235. The molecular weight excluding hydrogens is 308 g/mol. The SMILES string of the molecule is COC(=O)c1ccc(CCc2c[nH]c3c2c(=O)nc(N)n3C)cc1. The minimum Gasteiger partial charge on any atom is -0.465 e. The monoisotopic (exact) mass is 326 g/mol. The van der Waals surface area contributed by atoms with Crippen molar-refractivity contribution < 1.29 is 9.53 Å². The largest absolute Gasteiger partial charge is 0.465 e. The van der Waals surface area contributed by atoms with Crippen LogP contribution in [-0.4, -0.2) is 27.6 Å². The molecule has 0 radical (unpaired) electrons. The molecule has 0 atom stereocenters. The number of rotatable bonds is 4. The summed E-state index contributed by atoms with van der Waals surface area (Å²) in [5.74, 6) is -0.176. The lowest BCUT2D eigenvalue weighted by Gasteiger charge is -2.05. The number of ether oxygens (including phenoxy) is 1. The number of esters is 1. The molecule has 0 aliphatic rings. The molecule has 3 rings (SSSR count). The summed E-state index contributed by atoms with van der Waals surface area (Å²) in [5.41, 5.74) is 8.53. The number of aryl methyl sites for hydroxylation is 3. The molecule has 7 heteroatoms. The second kappa shape index (κ2) is 6.19. The van der Waals surface area contributed by atoms with E-state index in [0.717, 1.165) is 17.5 Å². The van der Waals surface area contributed by atoms with Crippen molar-refractivity contribution in [1.29, 1.82) is 0 Å². The van der Waals surface area contributed by atoms with Gasteiger partial charge in [0, 0.05) is 13.2 Å². The lowest BCUT2D eigenvalue weighted by Crippen LogP contribution is -2.16. The molecule has 7 nitrogen and oxygen atoms in total. The van der Waals surface area contributed by atoms with Crippen LogP contribution in [-0.2, 0) is 24.6 Å². The van der Waals surface area contributed by atoms with Crippen LogP contribution >= 0.6 is 0 Å². The Kier molecular flexibility index (Phi) is 4.07. The van der Waals surface area contributed by atoms with Crippen LogP contribution in [0.15, 0.2) is 35.3 Å². The maximum absolute atomic E-state index is 12.1. The van der Waals surface area contributed by atoms with E-state index in [1.165, 1.54) is 7.11 Å². The van der Waals surface area contributed by atoms with Crippen molar-refractivity contribution in [3.05, 3.63) is 57.5 Å². The number of hydrogen-bond donors (Lipinski definition) is 2. The highest BCUT2D eigenvalue weighted by atomic mass is 16.5. The van der Waals surface area contributed by atoms with Gasteiger partial charge in [0.25, 0.3) is 5.56 Å². The normalized spacial score (nSPS) is 10.9. The maximum Gasteiger partial charge on any atom is 0.337 e. The van der Waals surface area contributed by atoms with E-state index in [1.54, 1.807) is 23.7 Å². The summed E-state index contributed by atoms with van der Waals surface area (Å²) in [7, 11) is 3.12. The zero-order chi connectivity index (χ0) is 17.3. The number of benzene rings is 1. The number of nitrogens with two attached hydrogens (primary N) is 1. The predicted molar refractivity (Wildman–Crippen MR) is 90.9 cm³/mol. The Balaban J connectivity index is 1.83. The van der Waals surface area contributed by atoms with Gasteiger partial charge in [-0.1, -0.05) is 12.1 Å². The van der Waals surface area contributed by atoms with Crippen molar-refractivity contribution in [2.45, 2.75) is 12.8 Å². The van der Waals surface area contributed by atoms with Crippen LogP contribution in [0.3, 0.4) is 0 Å². The lowest BCUT2D eigenvalue weighted by molar-refractivity contribution is 0.0600. The molecule has 24 heavy (non-hydrogen) atoms. The molecule has 0 amide bonds. The smallest absolute Gasteiger partial charge is 0.337 e. The molecule has 3 N–H and O–H groups in total. The van der Waals surface area contributed by atoms with Gasteiger partial charge in [0.05, 0.1) is 18.1 Å². The topological polar surface area (TPSA) is 103 Å². The van der Waals surface area contributed by atoms with E-state index in [0.29, 0.717) is 23.0 Å². The zero-order valence-electron chi connectivity index (χ0n) is 13.5. The summed E-state index contributed by atoms with van der Waals surface area (Å²) in [4.78, 5) is 30.5. The van der Waals surface area contributed by atoms with Crippen molar-refractivity contribution in [1.82, 2.24) is 14.5 Å². The summed E-state index contributed by atoms with van der Waals surface area (Å²) in [6.07, 6.45) is 3.23. The molecule has 0 fully saturated rings. The molecular formula is C17H18N4O3. The summed E-state index contributed by atoms with van der Waals surface area (Å²) >= 11 is 0. The molecule has 2 heterocycles. The quantitative estimate of drug-likeness (QED) is 0.706. The van der Waals surface area contributed by atoms with Gasteiger partial charge in [-0.05, 0) is 36.1 Å². The standard InChI is InChI=1S/C17H18N4O3/c1-21-14-13(15(22)20-17(21)18)12(9-19-14)8-5-10-3-6-11(7-4-10)16(23)24-2/h3-4,6-7,9,19H,5,8H2,1-2H3,(H2,18,20,22). The van der Waals surface area contributed by atoms with Gasteiger partial charge in [0.2, 0.25) is 5.95 Å². The van der Waals surface area contributed by atoms with Crippen LogP contribution in [0.1, 0.15) is 21.5 Å². The van der Waals surface area contributed by atoms with E-state index in [9.17, 15) is 9.59 Å². The number of methoxy groups -OCH3 is 1. The lowest BCUT2D eigenvalue weighted by atomic mass is 10.0. The molecule has 0 unspecified atom stereocenters. The molecule has 0 saturated heterocycles. The van der Waals surface area contributed by atoms with Gasteiger partial charge in [-0.3, -0.25) is 4.79 Å². The van der Waals surface area contributed by atoms with E-state index in [4.69, 9.17) is 5.73 Å². The third-order valence-corrected chi connectivity index (χ3v) is 4.11. The summed E-state index contributed by atoms with van der Waals surface area (Å²) in [5, 5.41) is 0.567. The average molecular weight is 326 g/mol. The fourth-order valence-electron chi connectivity index (χ4n) is 2.71. The van der Waals surface area contributed by atoms with E-state index in [-0.39, 0.29) is 17.5 Å². The van der Waals surface area contributed by atoms with Gasteiger partial charge < -0.3 is 20.0 Å². The van der Waals surface area contributed by atoms with Crippen molar-refractivity contribution in [2.75, 3.05) is 12.8 Å². The summed E-state index contributed by atoms with van der Waals surface area (Å²) in [6, 6.07) is 7.24. The number of nitrogens with zero attached hydrogens (tertiary/aromatic N) is 2. The molecule has 1 aromatic carbocycles. The van der Waals surface area contributed by atoms with Crippen LogP contribution in [0.25, 0.3) is 11.0 Å². The Bertz CT molecular complexity index is 954. The number of H-pyrrole nitrogens is 1. The molecule has 3 aromatic rings. The minimum atomic E-state index is -0.356. The third kappa shape index (κ3) is 2.76. The number of nitrogen functional groups attached to an aromatic ring is 1. The summed E-state index contributed by atoms with van der Waals surface area (Å²) < 4.78 is 6.34. The first kappa shape index (κ1) is 15.8. The number of hydrogen-bond acceptors (Lipinski definition) is 5. The highest BCUT2D eigenvalue weighted by Crippen LogP contribution is 2.17. The first-order valence-corrected chi connectivity index (χ1v) is 7.51. The van der Waals surface area contributed by atoms with Gasteiger partial charge in [-0.2, -0.15) is 4.98 Å². The van der Waals surface area contributed by atoms with Crippen molar-refractivity contribution in [3.8, 4) is 0 Å². The second-order valence-corrected chi connectivity index (χ2v) is 5.56. The van der Waals surface area contributed by atoms with E-state index in [2.05, 4.69) is 14.7 Å². The summed E-state index contributed by atoms with van der Waals surface area (Å²) in [6.45, 7) is 0. The van der Waals surface area contributed by atoms with E-state index >= 15 is 0 Å². The first-order valence-electron chi connectivity index (χ1n) is 7.51. The van der Waals surface area contributed by atoms with Crippen LogP contribution in [0, 0.1) is 0 Å². The Labute approximate surface area is 138 Å². The molecule has 2 aromatic heterocycles. The number of fused-ring (bicyclic) bond motifs is 1. The molecule has 0 aliphatic carbocycles. The van der Waals surface area contributed by atoms with Gasteiger partial charge >= 0.3 is 5.97 Å². The van der Waals surface area contributed by atoms with Crippen LogP contribution in [0.5, 0.6) is 0 Å². The van der Waals surface area contributed by atoms with Gasteiger partial charge in [-0.15, -0.1) is 0 Å². The number of carbonyl (C=O) groups excluding carboxylic acids is 1. The van der Waals surface area contributed by atoms with Gasteiger partial charge in [0.1, 0.15) is 5.65 Å². The molecule has 0 saturated carbocycles. The highest BCUT2D eigenvalue weighted by Gasteiger charge is 2.12. The van der Waals surface area contributed by atoms with Gasteiger partial charge in [0.15, 0.2) is 0 Å². The number of nitrogens with one attached hydrogen (secondary N) is 1. The Hall–Kier alpha value is -3.09. The van der Waals surface area contributed by atoms with Crippen molar-refractivity contribution in [3.63, 3.8) is 0 Å². The zero-order valence-corrected chi connectivity index (χ0v) is 13.5. The molecule has 124 valence electrons. The van der Waals surface area contributed by atoms with Crippen LogP contribution in [0.2, 0.25) is 0 Å². The average Bonchev–Trinajstić information content (AvgIpc) is 3.02. The highest BCUT2D eigenvalue weighted by molar-refractivity contribution is 5.89. The third-order valence-electron chi connectivity index (χ3n) is 4.11. The maximum atomic E-state index is 12.1. The van der Waals surface area contributed by atoms with Crippen LogP contribution in [0.4, 0.5) is 5.95 Å². The fourth-order valence-corrected chi connectivity index (χ4v) is 2.71. The number of aromatic nitrogens is 3. The molecule has 0 spiro atoms. The Morgan fingerprint density at radius 3 is 2.67 bits per heavy atom. The number of carbonyl (C=O) groups is 1. The Morgan fingerprint density at radius 2 is 2.00 bits per heavy atom. The number of anilines is 1. The van der Waals surface area contributed by atoms with Gasteiger partial charge in [-0.25, -0.2) is 4.79 Å². The van der Waals surface area contributed by atoms with Crippen molar-refractivity contribution >= 4 is 23.0 Å². The van der Waals surface area contributed by atoms with Crippen molar-refractivity contribution in [2.24, 2.45) is 7.05 Å². The molecule has 0 aliphatic heterocycles. The van der Waals surface area contributed by atoms with Crippen LogP contribution < -0.4 is 11.3 Å². The minimum absolute atomic E-state index is 0.180. The number of aromatic amines is 1.